The molecule has 194 valence electrons. The lowest BCUT2D eigenvalue weighted by Crippen LogP contribution is -2.45. The number of hydrogen-bond donors (Lipinski definition) is 2. The minimum Gasteiger partial charge on any atom is -0.336 e. The molecule has 0 unspecified atom stereocenters. The lowest BCUT2D eigenvalue weighted by Gasteiger charge is -2.26. The molecule has 0 saturated carbocycles. The number of nitrogens with two attached hydrogens (primary N) is 1. The van der Waals surface area contributed by atoms with Gasteiger partial charge in [-0.15, -0.1) is 17.8 Å². The summed E-state index contributed by atoms with van der Waals surface area (Å²) in [7, 11) is -3.73. The van der Waals surface area contributed by atoms with Gasteiger partial charge in [0.2, 0.25) is 15.9 Å². The molecule has 12 heteroatoms. The molecule has 3 N–H and O–H groups in total. The number of nitro benzene ring substituents is 1. The molecule has 0 fully saturated rings. The van der Waals surface area contributed by atoms with Crippen molar-refractivity contribution in [3.05, 3.63) is 91.1 Å². The Kier molecular flexibility index (Phi) is 9.79. The summed E-state index contributed by atoms with van der Waals surface area (Å²) in [6, 6.07) is 13.3. The van der Waals surface area contributed by atoms with Gasteiger partial charge >= 0.3 is 0 Å². The van der Waals surface area contributed by atoms with Gasteiger partial charge in [-0.05, 0) is 47.7 Å². The molecule has 9 nitrogen and oxygen atoms in total. The zero-order valence-electron chi connectivity index (χ0n) is 19.7. The molecule has 0 aliphatic rings. The first kappa shape index (κ1) is 28.3. The van der Waals surface area contributed by atoms with Crippen molar-refractivity contribution in [2.24, 2.45) is 5.73 Å². The predicted octanol–water partition coefficient (Wildman–Crippen LogP) is 3.36. The molecule has 0 spiro atoms. The third kappa shape index (κ3) is 7.85. The van der Waals surface area contributed by atoms with Gasteiger partial charge < -0.3 is 10.6 Å². The largest absolute Gasteiger partial charge is 0.336 e. The lowest BCUT2D eigenvalue weighted by molar-refractivity contribution is -0.385. The van der Waals surface area contributed by atoms with Crippen LogP contribution in [0, 0.1) is 22.5 Å². The molecule has 0 bridgehead atoms. The van der Waals surface area contributed by atoms with Gasteiger partial charge in [0.05, 0.1) is 34.5 Å². The minimum atomic E-state index is -3.73. The quantitative estimate of drug-likeness (QED) is 0.198. The van der Waals surface area contributed by atoms with E-state index in [-0.39, 0.29) is 41.7 Å². The Morgan fingerprint density at radius 1 is 1.24 bits per heavy atom. The van der Waals surface area contributed by atoms with Gasteiger partial charge in [0.1, 0.15) is 0 Å². The van der Waals surface area contributed by atoms with E-state index in [0.717, 1.165) is 10.4 Å². The second-order valence-electron chi connectivity index (χ2n) is 8.10. The van der Waals surface area contributed by atoms with E-state index >= 15 is 0 Å². The number of amides is 1. The topological polar surface area (TPSA) is 136 Å². The average Bonchev–Trinajstić information content (AvgIpc) is 3.38. The van der Waals surface area contributed by atoms with E-state index in [1.165, 1.54) is 46.6 Å². The summed E-state index contributed by atoms with van der Waals surface area (Å²) in [5.74, 6) is 1.86. The van der Waals surface area contributed by atoms with Crippen molar-refractivity contribution in [1.82, 2.24) is 9.62 Å². The van der Waals surface area contributed by atoms with Crippen LogP contribution in [0.15, 0.2) is 64.9 Å². The molecule has 0 saturated heterocycles. The van der Waals surface area contributed by atoms with Crippen LogP contribution in [0.25, 0.3) is 0 Å². The predicted molar refractivity (Wildman–Crippen MR) is 144 cm³/mol. The third-order valence-corrected chi connectivity index (χ3v) is 8.05. The fourth-order valence-corrected chi connectivity index (χ4v) is 5.51. The van der Waals surface area contributed by atoms with Crippen LogP contribution in [-0.2, 0) is 34.2 Å². The lowest BCUT2D eigenvalue weighted by atomic mass is 10.1. The van der Waals surface area contributed by atoms with E-state index in [4.69, 9.17) is 23.8 Å². The number of sulfonamides is 1. The van der Waals surface area contributed by atoms with Gasteiger partial charge in [0, 0.05) is 28.9 Å². The smallest absolute Gasteiger partial charge is 0.274 e. The molecule has 3 rings (SSSR count). The van der Waals surface area contributed by atoms with Crippen molar-refractivity contribution in [2.45, 2.75) is 30.3 Å². The molecule has 2 aromatic carbocycles. The number of terminal acetylenes is 1. The van der Waals surface area contributed by atoms with Crippen molar-refractivity contribution in [3.8, 4) is 12.3 Å². The molecule has 0 aliphatic carbocycles. The number of nitrogens with one attached hydrogen (secondary N) is 1. The fraction of sp³-hybridized carbons (Fsp3) is 0.240. The maximum absolute atomic E-state index is 13.3. The monoisotopic (exact) mass is 560 g/mol. The molecular weight excluding hydrogens is 536 g/mol. The van der Waals surface area contributed by atoms with E-state index in [9.17, 15) is 23.3 Å². The van der Waals surface area contributed by atoms with E-state index in [1.807, 2.05) is 17.5 Å². The van der Waals surface area contributed by atoms with Gasteiger partial charge in [0.25, 0.3) is 5.69 Å². The van der Waals surface area contributed by atoms with Crippen molar-refractivity contribution >= 4 is 44.6 Å². The summed E-state index contributed by atoms with van der Waals surface area (Å²) in [5.41, 5.74) is 7.14. The summed E-state index contributed by atoms with van der Waals surface area (Å²) in [6.45, 7) is 0.0148. The van der Waals surface area contributed by atoms with Crippen LogP contribution in [0.5, 0.6) is 0 Å². The number of hydrogen-bond acceptors (Lipinski definition) is 7. The Morgan fingerprint density at radius 2 is 1.97 bits per heavy atom. The molecular formula is C25H25ClN4O5S2. The number of carbonyl (C=O) groups is 1. The molecule has 1 atom stereocenters. The van der Waals surface area contributed by atoms with Crippen molar-refractivity contribution in [1.29, 1.82) is 0 Å². The van der Waals surface area contributed by atoms with Crippen LogP contribution >= 0.6 is 22.9 Å². The van der Waals surface area contributed by atoms with Gasteiger partial charge in [-0.3, -0.25) is 14.9 Å². The van der Waals surface area contributed by atoms with E-state index in [0.29, 0.717) is 17.9 Å². The maximum Gasteiger partial charge on any atom is 0.274 e. The Labute approximate surface area is 224 Å². The summed E-state index contributed by atoms with van der Waals surface area (Å²) in [5, 5.41) is 13.8. The number of nitrogens with zero attached hydrogens (tertiary/aromatic N) is 2. The van der Waals surface area contributed by atoms with Gasteiger partial charge in [-0.1, -0.05) is 35.7 Å². The molecule has 0 aliphatic heterocycles. The third-order valence-electron chi connectivity index (χ3n) is 5.50. The summed E-state index contributed by atoms with van der Waals surface area (Å²) < 4.78 is 26.8. The molecule has 3 aromatic rings. The Hall–Kier alpha value is -3.27. The normalized spacial score (nSPS) is 12.0. The Balaban J connectivity index is 1.81. The summed E-state index contributed by atoms with van der Waals surface area (Å²) in [4.78, 5) is 26.9. The highest BCUT2D eigenvalue weighted by Crippen LogP contribution is 2.25. The Bertz CT molecular complexity index is 1390. The Morgan fingerprint density at radius 3 is 2.59 bits per heavy atom. The number of rotatable bonds is 12. The zero-order chi connectivity index (χ0) is 27.0. The van der Waals surface area contributed by atoms with E-state index in [2.05, 4.69) is 10.6 Å². The minimum absolute atomic E-state index is 0.0592. The SMILES string of the molecule is C#CCNS(=O)(=O)c1ccc(CCN(Cc2cc(Cl)ccc2[N+](=O)[O-])C(=O)[C@@H](N)Cc2cccs2)cc1. The highest BCUT2D eigenvalue weighted by molar-refractivity contribution is 7.89. The molecule has 1 amide bonds. The van der Waals surface area contributed by atoms with E-state index < -0.39 is 21.0 Å². The van der Waals surface area contributed by atoms with E-state index in [1.54, 1.807) is 12.1 Å². The maximum atomic E-state index is 13.3. The second-order valence-corrected chi connectivity index (χ2v) is 11.3. The molecule has 1 heterocycles. The van der Waals surface area contributed by atoms with Crippen molar-refractivity contribution in [3.63, 3.8) is 0 Å². The number of carbonyl (C=O) groups excluding carboxylic acids is 1. The number of halogens is 1. The number of thiophene rings is 1. The standard InChI is InChI=1S/C25H25ClN4O5S2/c1-2-12-28-37(34,35)22-8-5-18(6-9-22)11-13-29(25(31)23(27)16-21-4-3-14-36-21)17-19-15-20(26)7-10-24(19)30(32)33/h1,3-10,14-15,23,28H,11-13,16-17,27H2/t23-/m0/s1. The van der Waals surface area contributed by atoms with Crippen LogP contribution in [0.3, 0.4) is 0 Å². The number of nitro groups is 1. The summed E-state index contributed by atoms with van der Waals surface area (Å²) >= 11 is 7.57. The van der Waals surface area contributed by atoms with Crippen LogP contribution in [-0.4, -0.2) is 43.3 Å². The first-order chi connectivity index (χ1) is 17.6. The highest BCUT2D eigenvalue weighted by Gasteiger charge is 2.25. The van der Waals surface area contributed by atoms with Gasteiger partial charge in [-0.2, -0.15) is 4.72 Å². The molecule has 37 heavy (non-hydrogen) atoms. The van der Waals surface area contributed by atoms with Crippen LogP contribution < -0.4 is 10.5 Å². The first-order valence-electron chi connectivity index (χ1n) is 11.1. The van der Waals surface area contributed by atoms with Gasteiger partial charge in [0.15, 0.2) is 0 Å². The van der Waals surface area contributed by atoms with Crippen molar-refractivity contribution in [2.75, 3.05) is 13.1 Å². The fourth-order valence-electron chi connectivity index (χ4n) is 3.62. The zero-order valence-corrected chi connectivity index (χ0v) is 22.1. The first-order valence-corrected chi connectivity index (χ1v) is 13.9. The second kappa shape index (κ2) is 12.8. The van der Waals surface area contributed by atoms with Crippen LogP contribution in [0.1, 0.15) is 16.0 Å². The van der Waals surface area contributed by atoms with Crippen LogP contribution in [0.2, 0.25) is 5.02 Å². The molecule has 0 radical (unpaired) electrons. The van der Waals surface area contributed by atoms with Gasteiger partial charge in [-0.25, -0.2) is 8.42 Å². The van der Waals surface area contributed by atoms with Crippen LogP contribution in [0.4, 0.5) is 5.69 Å². The highest BCUT2D eigenvalue weighted by atomic mass is 35.5. The number of benzene rings is 2. The molecule has 1 aromatic heterocycles. The summed E-state index contributed by atoms with van der Waals surface area (Å²) in [6.07, 6.45) is 5.82. The van der Waals surface area contributed by atoms with Crippen molar-refractivity contribution < 1.29 is 18.1 Å². The average molecular weight is 561 g/mol.